The fourth-order valence-electron chi connectivity index (χ4n) is 2.46. The third-order valence-corrected chi connectivity index (χ3v) is 3.69. The van der Waals surface area contributed by atoms with Crippen LogP contribution in [0.3, 0.4) is 0 Å². The maximum atomic E-state index is 5.09. The van der Waals surface area contributed by atoms with Gasteiger partial charge in [0.2, 0.25) is 0 Å². The van der Waals surface area contributed by atoms with Gasteiger partial charge in [-0.2, -0.15) is 24.3 Å². The molecule has 4 rings (SSSR count). The SMILES string of the molecule is C=C.COc1ccc2[cH-]ccc2c1.COc1ccc2[cH-]ccc2c1.[Cl-].[Cl-].[Zr+4]. The molecule has 0 radical (unpaired) electrons. The van der Waals surface area contributed by atoms with E-state index in [1.807, 2.05) is 36.4 Å². The Morgan fingerprint density at radius 2 is 1.04 bits per heavy atom. The smallest absolute Gasteiger partial charge is 1.00 e. The minimum Gasteiger partial charge on any atom is -1.00 e. The molecular formula is C22H22Cl2O2Zr. The Morgan fingerprint density at radius 3 is 1.37 bits per heavy atom. The molecule has 4 aromatic carbocycles. The van der Waals surface area contributed by atoms with E-state index in [2.05, 4.69) is 49.6 Å². The molecular weight excluding hydrogens is 458 g/mol. The zero-order chi connectivity index (χ0) is 17.4. The number of hydrogen-bond acceptors (Lipinski definition) is 2. The van der Waals surface area contributed by atoms with Gasteiger partial charge in [0.25, 0.3) is 0 Å². The standard InChI is InChI=1S/2C10H9O.C2H4.2ClH.Zr/c2*1-11-10-6-5-8-3-2-4-9(8)7-10;1-2;;;/h2*2-7H,1H3;1-2H2;2*1H;/q2*-1;;;;+4/p-2. The van der Waals surface area contributed by atoms with Crippen LogP contribution in [0.5, 0.6) is 11.5 Å². The van der Waals surface area contributed by atoms with Crippen LogP contribution in [0.2, 0.25) is 0 Å². The van der Waals surface area contributed by atoms with E-state index in [4.69, 9.17) is 9.47 Å². The van der Waals surface area contributed by atoms with Gasteiger partial charge in [-0.1, -0.05) is 24.3 Å². The summed E-state index contributed by atoms with van der Waals surface area (Å²) in [5, 5.41) is 5.02. The molecule has 0 fully saturated rings. The van der Waals surface area contributed by atoms with Crippen LogP contribution in [-0.4, -0.2) is 14.2 Å². The molecule has 0 heterocycles. The fraction of sp³-hybridized carbons (Fsp3) is 0.0909. The van der Waals surface area contributed by atoms with Crippen LogP contribution < -0.4 is 34.3 Å². The minimum atomic E-state index is 0. The summed E-state index contributed by atoms with van der Waals surface area (Å²) in [4.78, 5) is 0. The second kappa shape index (κ2) is 14.5. The quantitative estimate of drug-likeness (QED) is 0.296. The van der Waals surface area contributed by atoms with Gasteiger partial charge in [0, 0.05) is 0 Å². The minimum absolute atomic E-state index is 0. The number of ether oxygens (including phenoxy) is 2. The van der Waals surface area contributed by atoms with Gasteiger partial charge in [0.1, 0.15) is 0 Å². The molecule has 140 valence electrons. The van der Waals surface area contributed by atoms with Crippen LogP contribution in [0.15, 0.2) is 86.0 Å². The Hall–Kier alpha value is -1.54. The molecule has 0 spiro atoms. The molecule has 0 aliphatic carbocycles. The van der Waals surface area contributed by atoms with E-state index in [0.717, 1.165) is 11.5 Å². The van der Waals surface area contributed by atoms with E-state index in [-0.39, 0.29) is 51.0 Å². The molecule has 2 nitrogen and oxygen atoms in total. The molecule has 4 aromatic rings. The number of hydrogen-bond donors (Lipinski definition) is 0. The predicted molar refractivity (Wildman–Crippen MR) is 103 cm³/mol. The maximum absolute atomic E-state index is 5.09. The summed E-state index contributed by atoms with van der Waals surface area (Å²) in [6.45, 7) is 6.00. The molecule has 5 heteroatoms. The van der Waals surface area contributed by atoms with Gasteiger partial charge < -0.3 is 34.3 Å². The average Bonchev–Trinajstić information content (AvgIpc) is 3.31. The summed E-state index contributed by atoms with van der Waals surface area (Å²) < 4.78 is 10.2. The van der Waals surface area contributed by atoms with Gasteiger partial charge in [-0.05, 0) is 0 Å². The summed E-state index contributed by atoms with van der Waals surface area (Å²) in [6.07, 6.45) is 0. The number of benzene rings is 2. The first-order chi connectivity index (χ1) is 11.8. The van der Waals surface area contributed by atoms with E-state index in [1.54, 1.807) is 14.2 Å². The first-order valence-corrected chi connectivity index (χ1v) is 7.69. The normalized spacial score (nSPS) is 8.52. The Morgan fingerprint density at radius 1 is 0.667 bits per heavy atom. The molecule has 0 N–H and O–H groups in total. The molecule has 0 saturated carbocycles. The van der Waals surface area contributed by atoms with Gasteiger partial charge in [-0.3, -0.25) is 0 Å². The Kier molecular flexibility index (Phi) is 14.9. The van der Waals surface area contributed by atoms with Crippen molar-refractivity contribution in [2.45, 2.75) is 0 Å². The van der Waals surface area contributed by atoms with Crippen molar-refractivity contribution in [3.8, 4) is 11.5 Å². The Bertz CT molecular complexity index is 825. The average molecular weight is 481 g/mol. The molecule has 0 atom stereocenters. The molecule has 0 saturated heterocycles. The maximum Gasteiger partial charge on any atom is 4.00 e. The van der Waals surface area contributed by atoms with E-state index in [9.17, 15) is 0 Å². The second-order valence-corrected chi connectivity index (χ2v) is 5.04. The van der Waals surface area contributed by atoms with E-state index < -0.39 is 0 Å². The Labute approximate surface area is 192 Å². The van der Waals surface area contributed by atoms with Crippen molar-refractivity contribution in [3.05, 3.63) is 86.0 Å². The summed E-state index contributed by atoms with van der Waals surface area (Å²) in [5.41, 5.74) is 0. The molecule has 0 aliphatic heterocycles. The van der Waals surface area contributed by atoms with Gasteiger partial charge in [0.05, 0.1) is 25.7 Å². The summed E-state index contributed by atoms with van der Waals surface area (Å²) in [6, 6.07) is 24.6. The zero-order valence-corrected chi connectivity index (χ0v) is 19.4. The van der Waals surface area contributed by atoms with Gasteiger partial charge in [-0.25, -0.2) is 0 Å². The molecule has 0 aromatic heterocycles. The van der Waals surface area contributed by atoms with Crippen LogP contribution in [-0.2, 0) is 26.2 Å². The number of halogens is 2. The van der Waals surface area contributed by atoms with Crippen molar-refractivity contribution >= 4 is 21.5 Å². The second-order valence-electron chi connectivity index (χ2n) is 5.04. The Balaban J connectivity index is 0. The topological polar surface area (TPSA) is 18.5 Å². The zero-order valence-electron chi connectivity index (χ0n) is 15.4. The number of rotatable bonds is 2. The van der Waals surface area contributed by atoms with Gasteiger partial charge in [-0.15, -0.1) is 59.0 Å². The van der Waals surface area contributed by atoms with Crippen LogP contribution in [0.1, 0.15) is 0 Å². The van der Waals surface area contributed by atoms with E-state index >= 15 is 0 Å². The first-order valence-electron chi connectivity index (χ1n) is 7.69. The third kappa shape index (κ3) is 7.54. The van der Waals surface area contributed by atoms with Crippen molar-refractivity contribution in [2.24, 2.45) is 0 Å². The van der Waals surface area contributed by atoms with Crippen molar-refractivity contribution in [1.82, 2.24) is 0 Å². The monoisotopic (exact) mass is 478 g/mol. The fourth-order valence-corrected chi connectivity index (χ4v) is 2.46. The molecule has 0 amide bonds. The number of fused-ring (bicyclic) bond motifs is 2. The molecule has 0 bridgehead atoms. The van der Waals surface area contributed by atoms with Crippen molar-refractivity contribution in [2.75, 3.05) is 14.2 Å². The van der Waals surface area contributed by atoms with E-state index in [0.29, 0.717) is 0 Å². The molecule has 0 unspecified atom stereocenters. The van der Waals surface area contributed by atoms with Crippen LogP contribution >= 0.6 is 0 Å². The predicted octanol–water partition coefficient (Wildman–Crippen LogP) is -0.0577. The van der Waals surface area contributed by atoms with Crippen molar-refractivity contribution in [1.29, 1.82) is 0 Å². The van der Waals surface area contributed by atoms with Crippen molar-refractivity contribution < 1.29 is 60.5 Å². The number of methoxy groups -OCH3 is 2. The van der Waals surface area contributed by atoms with Gasteiger partial charge >= 0.3 is 26.2 Å². The molecule has 0 aliphatic rings. The largest absolute Gasteiger partial charge is 4.00 e. The van der Waals surface area contributed by atoms with Crippen molar-refractivity contribution in [3.63, 3.8) is 0 Å². The summed E-state index contributed by atoms with van der Waals surface area (Å²) in [5.74, 6) is 1.84. The van der Waals surface area contributed by atoms with Crippen LogP contribution in [0, 0.1) is 0 Å². The van der Waals surface area contributed by atoms with Crippen LogP contribution in [0.4, 0.5) is 0 Å². The summed E-state index contributed by atoms with van der Waals surface area (Å²) in [7, 11) is 3.37. The third-order valence-electron chi connectivity index (χ3n) is 3.69. The van der Waals surface area contributed by atoms with E-state index in [1.165, 1.54) is 21.5 Å². The first kappa shape index (κ1) is 27.7. The van der Waals surface area contributed by atoms with Gasteiger partial charge in [0.15, 0.2) is 0 Å². The molecule has 27 heavy (non-hydrogen) atoms. The van der Waals surface area contributed by atoms with Crippen LogP contribution in [0.25, 0.3) is 21.5 Å². The summed E-state index contributed by atoms with van der Waals surface area (Å²) >= 11 is 0.